The van der Waals surface area contributed by atoms with E-state index in [-0.39, 0.29) is 67.8 Å². The Hall–Kier alpha value is -2.35. The van der Waals surface area contributed by atoms with Crippen LogP contribution in [0.4, 0.5) is 0 Å². The first-order chi connectivity index (χ1) is 22.0. The van der Waals surface area contributed by atoms with E-state index in [9.17, 15) is 0 Å². The third-order valence-electron chi connectivity index (χ3n) is 9.66. The molecule has 49 heavy (non-hydrogen) atoms. The molecule has 1 aliphatic rings. The van der Waals surface area contributed by atoms with E-state index < -0.39 is 0 Å². The predicted octanol–water partition coefficient (Wildman–Crippen LogP) is 7.25. The van der Waals surface area contributed by atoms with Crippen molar-refractivity contribution >= 4 is 47.9 Å². The van der Waals surface area contributed by atoms with E-state index in [0.29, 0.717) is 0 Å². The second-order valence-electron chi connectivity index (χ2n) is 15.2. The van der Waals surface area contributed by atoms with Gasteiger partial charge in [-0.2, -0.15) is 0 Å². The Balaban J connectivity index is 0.00000105. The predicted molar refractivity (Wildman–Crippen MR) is 206 cm³/mol. The van der Waals surface area contributed by atoms with Crippen molar-refractivity contribution < 1.29 is 51.0 Å². The van der Waals surface area contributed by atoms with Crippen LogP contribution in [0.5, 0.6) is 0 Å². The van der Waals surface area contributed by atoms with E-state index in [1.54, 1.807) is 5.57 Å². The molecular weight excluding hydrogens is 731 g/mol. The quantitative estimate of drug-likeness (QED) is 0.131. The molecule has 0 saturated heterocycles. The fourth-order valence-corrected chi connectivity index (χ4v) is 7.55. The fourth-order valence-electron chi connectivity index (χ4n) is 7.55. The summed E-state index contributed by atoms with van der Waals surface area (Å²) in [5.41, 5.74) is 11.6. The summed E-state index contributed by atoms with van der Waals surface area (Å²) in [5, 5.41) is 8.15. The van der Waals surface area contributed by atoms with Crippen LogP contribution in [0.1, 0.15) is 95.0 Å². The minimum absolute atomic E-state index is 0. The maximum Gasteiger partial charge on any atom is 3.00 e. The van der Waals surface area contributed by atoms with Crippen LogP contribution >= 0.6 is 0 Å². The van der Waals surface area contributed by atoms with Gasteiger partial charge in [0.2, 0.25) is 0 Å². The number of rotatable bonds is 4. The van der Waals surface area contributed by atoms with E-state index in [1.807, 2.05) is 0 Å². The molecule has 0 spiro atoms. The number of allylic oxidation sites excluding steroid dienone is 1. The topological polar surface area (TPSA) is 0 Å². The van der Waals surface area contributed by atoms with Crippen molar-refractivity contribution in [1.82, 2.24) is 0 Å². The fraction of sp³-hybridized carbons (Fsp3) is 0.311. The molecule has 1 unspecified atom stereocenters. The molecule has 0 nitrogen and oxygen atoms in total. The summed E-state index contributed by atoms with van der Waals surface area (Å²) < 4.78 is 0. The molecule has 0 bridgehead atoms. The van der Waals surface area contributed by atoms with E-state index in [4.69, 9.17) is 0 Å². The first kappa shape index (κ1) is 41.1. The average molecular weight is 780 g/mol. The maximum atomic E-state index is 2.55. The summed E-state index contributed by atoms with van der Waals surface area (Å²) in [7, 11) is 1.08. The largest absolute Gasteiger partial charge is 3.00 e. The first-order valence-corrected chi connectivity index (χ1v) is 19.0. The number of fused-ring (bicyclic) bond motifs is 5. The van der Waals surface area contributed by atoms with Gasteiger partial charge in [0.25, 0.3) is 0 Å². The van der Waals surface area contributed by atoms with Crippen molar-refractivity contribution in [3.8, 4) is 11.1 Å². The maximum absolute atomic E-state index is 2.55. The molecule has 0 N–H and O–H groups in total. The molecule has 0 amide bonds. The Morgan fingerprint density at radius 3 is 2.00 bits per heavy atom. The van der Waals surface area contributed by atoms with Crippen molar-refractivity contribution in [2.24, 2.45) is 0 Å². The molecule has 7 rings (SSSR count). The van der Waals surface area contributed by atoms with Gasteiger partial charge in [0, 0.05) is 15.4 Å². The summed E-state index contributed by atoms with van der Waals surface area (Å²) in [5.74, 6) is 0.252. The van der Waals surface area contributed by atoms with Crippen LogP contribution in [-0.4, -0.2) is 9.52 Å². The Kier molecular flexibility index (Phi) is 13.7. The normalized spacial score (nSPS) is 13.9. The standard InChI is InChI=1S/C43H43.C2H6Si.2ClH.Zr/c1-8-13-28-25-37-34(33-17-11-15-27-14-9-10-16-31(27)33)18-12-19-36(37)40(28)41-38-26-29-24-30(42(2,3)4)20-21-32(29)35(38)22-23-39(41)43(5,6)7;1-3-2;;;/h9-12,14-26,40H,8,13H2,1-7H3;1-2H3;2*1H;/q-1;;;;+3/p-2. The molecule has 251 valence electrons. The molecule has 0 saturated carbocycles. The smallest absolute Gasteiger partial charge is 1.00 e. The van der Waals surface area contributed by atoms with E-state index >= 15 is 0 Å². The molecule has 0 fully saturated rings. The van der Waals surface area contributed by atoms with Gasteiger partial charge in [0.1, 0.15) is 0 Å². The minimum atomic E-state index is 0. The van der Waals surface area contributed by atoms with Crippen LogP contribution in [0.2, 0.25) is 13.1 Å². The van der Waals surface area contributed by atoms with Crippen LogP contribution in [0.15, 0.2) is 103 Å². The molecule has 6 aromatic rings. The average Bonchev–Trinajstić information content (AvgIpc) is 3.57. The van der Waals surface area contributed by atoms with E-state index in [0.717, 1.165) is 22.4 Å². The SMILES string of the molecule is CCCC1=Cc2c(-c3cccc4ccccc34)cccc2C1c1c(C(C)(C)C)ccc2c1[cH-]c1cc(C(C)(C)C)ccc12.C[Si]C.[Cl-].[Cl-].[Zr+3]. The molecule has 1 atom stereocenters. The Morgan fingerprint density at radius 2 is 1.33 bits per heavy atom. The number of benzene rings is 5. The third-order valence-corrected chi connectivity index (χ3v) is 9.66. The van der Waals surface area contributed by atoms with Crippen LogP contribution in [0.25, 0.3) is 49.5 Å². The third kappa shape index (κ3) is 7.79. The van der Waals surface area contributed by atoms with Crippen molar-refractivity contribution in [2.45, 2.75) is 91.1 Å². The van der Waals surface area contributed by atoms with Gasteiger partial charge in [-0.05, 0) is 50.3 Å². The van der Waals surface area contributed by atoms with Crippen molar-refractivity contribution in [2.75, 3.05) is 0 Å². The van der Waals surface area contributed by atoms with Crippen molar-refractivity contribution in [3.05, 3.63) is 130 Å². The van der Waals surface area contributed by atoms with E-state index in [1.165, 1.54) is 71.3 Å². The minimum Gasteiger partial charge on any atom is -1.00 e. The summed E-state index contributed by atoms with van der Waals surface area (Å²) in [4.78, 5) is 0. The van der Waals surface area contributed by atoms with Gasteiger partial charge in [-0.15, -0.1) is 33.7 Å². The van der Waals surface area contributed by atoms with Gasteiger partial charge in [0.15, 0.2) is 0 Å². The van der Waals surface area contributed by atoms with Crippen molar-refractivity contribution in [3.63, 3.8) is 0 Å². The first-order valence-electron chi connectivity index (χ1n) is 17.0. The van der Waals surface area contributed by atoms with E-state index in [2.05, 4.69) is 165 Å². The summed E-state index contributed by atoms with van der Waals surface area (Å²) in [6, 6.07) is 37.0. The Labute approximate surface area is 329 Å². The molecule has 0 aromatic heterocycles. The van der Waals surface area contributed by atoms with Gasteiger partial charge >= 0.3 is 26.2 Å². The van der Waals surface area contributed by atoms with Gasteiger partial charge < -0.3 is 24.8 Å². The van der Waals surface area contributed by atoms with Crippen molar-refractivity contribution in [1.29, 1.82) is 0 Å². The van der Waals surface area contributed by atoms with Gasteiger partial charge in [0.05, 0.1) is 0 Å². The van der Waals surface area contributed by atoms with Crippen LogP contribution in [0.3, 0.4) is 0 Å². The molecule has 6 aromatic carbocycles. The van der Waals surface area contributed by atoms with Gasteiger partial charge in [-0.25, -0.2) is 0 Å². The number of hydrogen-bond donors (Lipinski definition) is 0. The molecule has 1 aliphatic carbocycles. The second-order valence-corrected chi connectivity index (χ2v) is 16.2. The molecule has 4 heteroatoms. The summed E-state index contributed by atoms with van der Waals surface area (Å²) >= 11 is 0. The van der Waals surface area contributed by atoms with Gasteiger partial charge in [-0.1, -0.05) is 181 Å². The van der Waals surface area contributed by atoms with Gasteiger partial charge in [-0.3, -0.25) is 0 Å². The summed E-state index contributed by atoms with van der Waals surface area (Å²) in [6.45, 7) is 20.7. The van der Waals surface area contributed by atoms with Crippen LogP contribution < -0.4 is 24.8 Å². The van der Waals surface area contributed by atoms with Crippen LogP contribution in [-0.2, 0) is 37.0 Å². The molecular formula is C45H49Cl2SiZr. The second kappa shape index (κ2) is 16.3. The Morgan fingerprint density at radius 1 is 0.694 bits per heavy atom. The number of hydrogen-bond acceptors (Lipinski definition) is 0. The zero-order valence-corrected chi connectivity index (χ0v) is 35.5. The van der Waals surface area contributed by atoms with Crippen LogP contribution in [0, 0.1) is 0 Å². The molecule has 0 heterocycles. The Bertz CT molecular complexity index is 2080. The number of halogens is 2. The zero-order valence-electron chi connectivity index (χ0n) is 30.6. The monoisotopic (exact) mass is 777 g/mol. The summed E-state index contributed by atoms with van der Waals surface area (Å²) in [6.07, 6.45) is 4.79. The molecule has 0 aliphatic heterocycles. The molecule has 3 radical (unpaired) electrons. The zero-order chi connectivity index (χ0) is 32.8.